The van der Waals surface area contributed by atoms with Crippen LogP contribution in [-0.2, 0) is 5.41 Å². The smallest absolute Gasteiger partial charge is 0.123 e. The summed E-state index contributed by atoms with van der Waals surface area (Å²) in [5, 5.41) is 3.52. The maximum atomic E-state index is 12.8. The van der Waals surface area contributed by atoms with Crippen molar-refractivity contribution in [3.63, 3.8) is 0 Å². The van der Waals surface area contributed by atoms with E-state index in [4.69, 9.17) is 0 Å². The Bertz CT molecular complexity index is 336. The van der Waals surface area contributed by atoms with E-state index in [9.17, 15) is 4.39 Å². The Labute approximate surface area is 83.3 Å². The third-order valence-electron chi connectivity index (χ3n) is 3.79. The van der Waals surface area contributed by atoms with E-state index >= 15 is 0 Å². The molecule has 2 fully saturated rings. The van der Waals surface area contributed by atoms with E-state index in [2.05, 4.69) is 5.32 Å². The molecule has 2 atom stereocenters. The average molecular weight is 191 g/mol. The predicted molar refractivity (Wildman–Crippen MR) is 53.7 cm³/mol. The van der Waals surface area contributed by atoms with Gasteiger partial charge in [0.25, 0.3) is 0 Å². The average Bonchev–Trinajstić information content (AvgIpc) is 2.79. The van der Waals surface area contributed by atoms with E-state index in [0.717, 1.165) is 6.54 Å². The fourth-order valence-electron chi connectivity index (χ4n) is 2.97. The van der Waals surface area contributed by atoms with Crippen LogP contribution in [0.3, 0.4) is 0 Å². The van der Waals surface area contributed by atoms with Crippen LogP contribution in [-0.4, -0.2) is 12.6 Å². The zero-order valence-corrected chi connectivity index (χ0v) is 8.09. The number of fused-ring (bicyclic) bond motifs is 2. The molecule has 3 rings (SSSR count). The molecule has 0 aromatic heterocycles. The molecule has 1 heterocycles. The lowest BCUT2D eigenvalue weighted by Crippen LogP contribution is -2.32. The molecule has 1 N–H and O–H groups in total. The molecule has 0 amide bonds. The molecule has 14 heavy (non-hydrogen) atoms. The monoisotopic (exact) mass is 191 g/mol. The molecule has 2 unspecified atom stereocenters. The highest BCUT2D eigenvalue weighted by molar-refractivity contribution is 5.30. The van der Waals surface area contributed by atoms with Crippen molar-refractivity contribution in [1.29, 1.82) is 0 Å². The van der Waals surface area contributed by atoms with E-state index in [1.54, 1.807) is 12.1 Å². The Morgan fingerprint density at radius 3 is 2.57 bits per heavy atom. The Kier molecular flexibility index (Phi) is 1.68. The highest BCUT2D eigenvalue weighted by atomic mass is 19.1. The van der Waals surface area contributed by atoms with Crippen LogP contribution >= 0.6 is 0 Å². The SMILES string of the molecule is Fc1ccc(C23CCC(C2)NC3)cc1. The second-order valence-corrected chi connectivity index (χ2v) is 4.61. The van der Waals surface area contributed by atoms with E-state index in [1.165, 1.54) is 24.8 Å². The van der Waals surface area contributed by atoms with Gasteiger partial charge < -0.3 is 5.32 Å². The van der Waals surface area contributed by atoms with E-state index in [-0.39, 0.29) is 5.82 Å². The summed E-state index contributed by atoms with van der Waals surface area (Å²) < 4.78 is 12.8. The van der Waals surface area contributed by atoms with Gasteiger partial charge in [-0.15, -0.1) is 0 Å². The quantitative estimate of drug-likeness (QED) is 0.717. The summed E-state index contributed by atoms with van der Waals surface area (Å²) in [6.45, 7) is 1.07. The number of hydrogen-bond acceptors (Lipinski definition) is 1. The second kappa shape index (κ2) is 2.80. The summed E-state index contributed by atoms with van der Waals surface area (Å²) in [5.74, 6) is -0.134. The van der Waals surface area contributed by atoms with Gasteiger partial charge in [-0.3, -0.25) is 0 Å². The first-order valence-corrected chi connectivity index (χ1v) is 5.28. The Hall–Kier alpha value is -0.890. The first kappa shape index (κ1) is 8.42. The predicted octanol–water partition coefficient (Wildman–Crippen LogP) is 2.22. The minimum atomic E-state index is -0.134. The zero-order valence-electron chi connectivity index (χ0n) is 8.09. The molecule has 1 saturated carbocycles. The second-order valence-electron chi connectivity index (χ2n) is 4.61. The summed E-state index contributed by atoms with van der Waals surface area (Å²) in [6, 6.07) is 7.76. The molecule has 2 aliphatic rings. The Morgan fingerprint density at radius 2 is 2.07 bits per heavy atom. The molecule has 2 bridgehead atoms. The number of piperidine rings is 1. The molecule has 1 saturated heterocycles. The fraction of sp³-hybridized carbons (Fsp3) is 0.500. The van der Waals surface area contributed by atoms with Gasteiger partial charge in [-0.25, -0.2) is 4.39 Å². The minimum Gasteiger partial charge on any atom is -0.313 e. The number of rotatable bonds is 1. The maximum absolute atomic E-state index is 12.8. The Balaban J connectivity index is 1.98. The molecule has 1 nitrogen and oxygen atoms in total. The molecule has 1 aliphatic carbocycles. The fourth-order valence-corrected chi connectivity index (χ4v) is 2.97. The zero-order chi connectivity index (χ0) is 9.60. The van der Waals surface area contributed by atoms with Gasteiger partial charge in [0.05, 0.1) is 0 Å². The normalized spacial score (nSPS) is 35.1. The van der Waals surface area contributed by atoms with Crippen molar-refractivity contribution in [3.05, 3.63) is 35.6 Å². The van der Waals surface area contributed by atoms with Crippen molar-refractivity contribution in [2.45, 2.75) is 30.7 Å². The topological polar surface area (TPSA) is 12.0 Å². The summed E-state index contributed by atoms with van der Waals surface area (Å²) >= 11 is 0. The van der Waals surface area contributed by atoms with Crippen LogP contribution in [0.4, 0.5) is 4.39 Å². The molecule has 0 spiro atoms. The van der Waals surface area contributed by atoms with Gasteiger partial charge in [0, 0.05) is 18.0 Å². The third-order valence-corrected chi connectivity index (χ3v) is 3.79. The number of nitrogens with one attached hydrogen (secondary N) is 1. The summed E-state index contributed by atoms with van der Waals surface area (Å²) in [6.07, 6.45) is 3.77. The molecule has 1 aromatic rings. The molecule has 74 valence electrons. The number of hydrogen-bond donors (Lipinski definition) is 1. The minimum absolute atomic E-state index is 0.134. The van der Waals surface area contributed by atoms with Crippen molar-refractivity contribution in [3.8, 4) is 0 Å². The van der Waals surface area contributed by atoms with E-state index in [0.29, 0.717) is 11.5 Å². The summed E-state index contributed by atoms with van der Waals surface area (Å²) in [4.78, 5) is 0. The van der Waals surface area contributed by atoms with Crippen molar-refractivity contribution in [2.75, 3.05) is 6.54 Å². The van der Waals surface area contributed by atoms with Crippen LogP contribution in [0.25, 0.3) is 0 Å². The van der Waals surface area contributed by atoms with Crippen molar-refractivity contribution >= 4 is 0 Å². The number of benzene rings is 1. The lowest BCUT2D eigenvalue weighted by Gasteiger charge is -2.26. The van der Waals surface area contributed by atoms with Crippen molar-refractivity contribution < 1.29 is 4.39 Å². The molecule has 1 aliphatic heterocycles. The third kappa shape index (κ3) is 1.10. The van der Waals surface area contributed by atoms with Crippen LogP contribution in [0.2, 0.25) is 0 Å². The van der Waals surface area contributed by atoms with Crippen LogP contribution in [0.5, 0.6) is 0 Å². The van der Waals surface area contributed by atoms with Gasteiger partial charge in [-0.1, -0.05) is 12.1 Å². The van der Waals surface area contributed by atoms with Crippen molar-refractivity contribution in [1.82, 2.24) is 5.32 Å². The maximum Gasteiger partial charge on any atom is 0.123 e. The highest BCUT2D eigenvalue weighted by Crippen LogP contribution is 2.44. The van der Waals surface area contributed by atoms with E-state index < -0.39 is 0 Å². The van der Waals surface area contributed by atoms with Gasteiger partial charge in [-0.05, 0) is 37.0 Å². The lowest BCUT2D eigenvalue weighted by molar-refractivity contribution is 0.438. The molecule has 1 aromatic carbocycles. The van der Waals surface area contributed by atoms with Crippen LogP contribution in [0.15, 0.2) is 24.3 Å². The highest BCUT2D eigenvalue weighted by Gasteiger charge is 2.45. The van der Waals surface area contributed by atoms with Crippen LogP contribution in [0, 0.1) is 5.82 Å². The molecule has 0 radical (unpaired) electrons. The lowest BCUT2D eigenvalue weighted by atomic mass is 9.80. The Morgan fingerprint density at radius 1 is 1.29 bits per heavy atom. The van der Waals surface area contributed by atoms with Gasteiger partial charge >= 0.3 is 0 Å². The van der Waals surface area contributed by atoms with Gasteiger partial charge in [0.15, 0.2) is 0 Å². The number of halogens is 1. The van der Waals surface area contributed by atoms with Crippen LogP contribution in [0.1, 0.15) is 24.8 Å². The first-order chi connectivity index (χ1) is 6.78. The van der Waals surface area contributed by atoms with Crippen molar-refractivity contribution in [2.24, 2.45) is 0 Å². The molecular weight excluding hydrogens is 177 g/mol. The molecule has 2 heteroatoms. The van der Waals surface area contributed by atoms with E-state index in [1.807, 2.05) is 12.1 Å². The standard InChI is InChI=1S/C12H14FN/c13-10-3-1-9(2-4-10)12-6-5-11(7-12)14-8-12/h1-4,11,14H,5-8H2. The van der Waals surface area contributed by atoms with Gasteiger partial charge in [0.2, 0.25) is 0 Å². The van der Waals surface area contributed by atoms with Gasteiger partial charge in [-0.2, -0.15) is 0 Å². The van der Waals surface area contributed by atoms with Crippen LogP contribution < -0.4 is 5.32 Å². The largest absolute Gasteiger partial charge is 0.313 e. The first-order valence-electron chi connectivity index (χ1n) is 5.28. The molecular formula is C12H14FN. The summed E-state index contributed by atoms with van der Waals surface area (Å²) in [5.41, 5.74) is 1.63. The van der Waals surface area contributed by atoms with Gasteiger partial charge in [0.1, 0.15) is 5.82 Å². The summed E-state index contributed by atoms with van der Waals surface area (Å²) in [7, 11) is 0.